The summed E-state index contributed by atoms with van der Waals surface area (Å²) < 4.78 is 21.3. The Bertz CT molecular complexity index is 568. The Morgan fingerprint density at radius 3 is 2.81 bits per heavy atom. The minimum atomic E-state index is -0.325. The summed E-state index contributed by atoms with van der Waals surface area (Å²) in [5.74, 6) is -0.0489. The van der Waals surface area contributed by atoms with Crippen LogP contribution in [0.3, 0.4) is 0 Å². The fraction of sp³-hybridized carbons (Fsp3) is 0.438. The van der Waals surface area contributed by atoms with Crippen molar-refractivity contribution in [2.45, 2.75) is 40.0 Å². The zero-order chi connectivity index (χ0) is 15.1. The molecule has 0 unspecified atom stereocenters. The van der Waals surface area contributed by atoms with Gasteiger partial charge >= 0.3 is 0 Å². The Balaban J connectivity index is 1.91. The predicted octanol–water partition coefficient (Wildman–Crippen LogP) is 3.12. The molecule has 0 saturated carbocycles. The second kappa shape index (κ2) is 7.78. The molecule has 0 saturated heterocycles. The monoisotopic (exact) mass is 291 g/mol. The third-order valence-corrected chi connectivity index (χ3v) is 3.16. The van der Waals surface area contributed by atoms with Gasteiger partial charge in [-0.25, -0.2) is 4.39 Å². The lowest BCUT2D eigenvalue weighted by atomic mass is 10.2. The maximum Gasteiger partial charge on any atom is 0.165 e. The van der Waals surface area contributed by atoms with E-state index in [1.165, 1.54) is 6.07 Å². The van der Waals surface area contributed by atoms with Crippen LogP contribution in [0.2, 0.25) is 0 Å². The van der Waals surface area contributed by atoms with Gasteiger partial charge in [-0.15, -0.1) is 0 Å². The van der Waals surface area contributed by atoms with Crippen molar-refractivity contribution in [1.82, 2.24) is 15.1 Å². The van der Waals surface area contributed by atoms with Gasteiger partial charge in [0, 0.05) is 24.8 Å². The SMILES string of the molecule is CCCNCc1ccc(OCc2cnn(CC)c2)c(F)c1. The molecule has 0 fully saturated rings. The third kappa shape index (κ3) is 4.56. The summed E-state index contributed by atoms with van der Waals surface area (Å²) in [6, 6.07) is 5.09. The Morgan fingerprint density at radius 2 is 2.14 bits per heavy atom. The van der Waals surface area contributed by atoms with Crippen LogP contribution in [0.5, 0.6) is 5.75 Å². The van der Waals surface area contributed by atoms with Crippen LogP contribution in [0, 0.1) is 5.82 Å². The van der Waals surface area contributed by atoms with Crippen LogP contribution in [-0.4, -0.2) is 16.3 Å². The van der Waals surface area contributed by atoms with E-state index in [1.807, 2.05) is 23.9 Å². The molecular formula is C16H22FN3O. The number of benzene rings is 1. The van der Waals surface area contributed by atoms with Crippen LogP contribution in [-0.2, 0) is 19.7 Å². The van der Waals surface area contributed by atoms with Crippen LogP contribution >= 0.6 is 0 Å². The number of hydrogen-bond donors (Lipinski definition) is 1. The first-order valence-corrected chi connectivity index (χ1v) is 7.36. The third-order valence-electron chi connectivity index (χ3n) is 3.16. The molecule has 0 aliphatic heterocycles. The van der Waals surface area contributed by atoms with Crippen LogP contribution in [0.1, 0.15) is 31.4 Å². The second-order valence-electron chi connectivity index (χ2n) is 4.93. The van der Waals surface area contributed by atoms with Crippen molar-refractivity contribution < 1.29 is 9.13 Å². The van der Waals surface area contributed by atoms with Crippen molar-refractivity contribution in [3.8, 4) is 5.75 Å². The van der Waals surface area contributed by atoms with Gasteiger partial charge in [0.25, 0.3) is 0 Å². The summed E-state index contributed by atoms with van der Waals surface area (Å²) in [7, 11) is 0. The van der Waals surface area contributed by atoms with Crippen molar-refractivity contribution >= 4 is 0 Å². The minimum Gasteiger partial charge on any atom is -0.486 e. The lowest BCUT2D eigenvalue weighted by Crippen LogP contribution is -2.13. The molecule has 1 heterocycles. The van der Waals surface area contributed by atoms with Gasteiger partial charge in [0.15, 0.2) is 11.6 Å². The zero-order valence-corrected chi connectivity index (χ0v) is 12.6. The molecule has 1 aromatic carbocycles. The molecule has 0 atom stereocenters. The van der Waals surface area contributed by atoms with Gasteiger partial charge in [-0.1, -0.05) is 13.0 Å². The zero-order valence-electron chi connectivity index (χ0n) is 12.6. The molecule has 0 aliphatic carbocycles. The number of nitrogens with zero attached hydrogens (tertiary/aromatic N) is 2. The van der Waals surface area contributed by atoms with E-state index in [4.69, 9.17) is 4.74 Å². The maximum absolute atomic E-state index is 14.0. The molecule has 0 amide bonds. The van der Waals surface area contributed by atoms with Crippen LogP contribution in [0.15, 0.2) is 30.6 Å². The standard InChI is InChI=1S/C16H22FN3O/c1-3-7-18-9-13-5-6-16(15(17)8-13)21-12-14-10-19-20(4-2)11-14/h5-6,8,10-11,18H,3-4,7,9,12H2,1-2H3. The van der Waals surface area contributed by atoms with E-state index >= 15 is 0 Å². The number of rotatable bonds is 8. The number of aryl methyl sites for hydroxylation is 1. The molecule has 0 aliphatic rings. The van der Waals surface area contributed by atoms with E-state index in [1.54, 1.807) is 12.3 Å². The topological polar surface area (TPSA) is 39.1 Å². The Morgan fingerprint density at radius 1 is 1.29 bits per heavy atom. The summed E-state index contributed by atoms with van der Waals surface area (Å²) >= 11 is 0. The first kappa shape index (κ1) is 15.5. The molecule has 2 rings (SSSR count). The average molecular weight is 291 g/mol. The number of hydrogen-bond acceptors (Lipinski definition) is 3. The molecule has 1 N–H and O–H groups in total. The van der Waals surface area contributed by atoms with E-state index in [9.17, 15) is 4.39 Å². The second-order valence-corrected chi connectivity index (χ2v) is 4.93. The van der Waals surface area contributed by atoms with Gasteiger partial charge in [0.05, 0.1) is 6.20 Å². The summed E-state index contributed by atoms with van der Waals surface area (Å²) in [4.78, 5) is 0. The highest BCUT2D eigenvalue weighted by atomic mass is 19.1. The Hall–Kier alpha value is -1.88. The summed E-state index contributed by atoms with van der Waals surface area (Å²) in [6.45, 7) is 6.86. The van der Waals surface area contributed by atoms with E-state index in [-0.39, 0.29) is 11.6 Å². The first-order chi connectivity index (χ1) is 10.2. The summed E-state index contributed by atoms with van der Waals surface area (Å²) in [5, 5.41) is 7.41. The lowest BCUT2D eigenvalue weighted by Gasteiger charge is -2.08. The average Bonchev–Trinajstić information content (AvgIpc) is 2.95. The van der Waals surface area contributed by atoms with E-state index in [2.05, 4.69) is 17.3 Å². The molecule has 0 bridgehead atoms. The van der Waals surface area contributed by atoms with E-state index < -0.39 is 0 Å². The molecule has 1 aromatic heterocycles. The van der Waals surface area contributed by atoms with Gasteiger partial charge < -0.3 is 10.1 Å². The molecular weight excluding hydrogens is 269 g/mol. The van der Waals surface area contributed by atoms with Gasteiger partial charge in [-0.05, 0) is 37.6 Å². The molecule has 21 heavy (non-hydrogen) atoms. The van der Waals surface area contributed by atoms with Gasteiger partial charge in [-0.3, -0.25) is 4.68 Å². The van der Waals surface area contributed by atoms with Crippen molar-refractivity contribution in [2.75, 3.05) is 6.54 Å². The predicted molar refractivity (Wildman–Crippen MR) is 80.6 cm³/mol. The smallest absolute Gasteiger partial charge is 0.165 e. The lowest BCUT2D eigenvalue weighted by molar-refractivity contribution is 0.290. The quantitative estimate of drug-likeness (QED) is 0.760. The minimum absolute atomic E-state index is 0.276. The fourth-order valence-electron chi connectivity index (χ4n) is 2.00. The van der Waals surface area contributed by atoms with E-state index in [0.717, 1.165) is 30.6 Å². The van der Waals surface area contributed by atoms with Crippen molar-refractivity contribution in [3.63, 3.8) is 0 Å². The van der Waals surface area contributed by atoms with Crippen molar-refractivity contribution in [2.24, 2.45) is 0 Å². The van der Waals surface area contributed by atoms with Crippen LogP contribution < -0.4 is 10.1 Å². The first-order valence-electron chi connectivity index (χ1n) is 7.36. The van der Waals surface area contributed by atoms with Crippen molar-refractivity contribution in [1.29, 1.82) is 0 Å². The van der Waals surface area contributed by atoms with Gasteiger partial charge in [0.2, 0.25) is 0 Å². The molecule has 5 heteroatoms. The highest BCUT2D eigenvalue weighted by Crippen LogP contribution is 2.19. The molecule has 2 aromatic rings. The highest BCUT2D eigenvalue weighted by Gasteiger charge is 2.06. The van der Waals surface area contributed by atoms with Crippen LogP contribution in [0.4, 0.5) is 4.39 Å². The number of nitrogens with one attached hydrogen (secondary N) is 1. The number of aromatic nitrogens is 2. The Labute approximate surface area is 124 Å². The van der Waals surface area contributed by atoms with Crippen LogP contribution in [0.25, 0.3) is 0 Å². The number of ether oxygens (including phenoxy) is 1. The normalized spacial score (nSPS) is 10.8. The number of halogens is 1. The Kier molecular flexibility index (Phi) is 5.75. The van der Waals surface area contributed by atoms with E-state index in [0.29, 0.717) is 13.2 Å². The van der Waals surface area contributed by atoms with Gasteiger partial charge in [-0.2, -0.15) is 5.10 Å². The highest BCUT2D eigenvalue weighted by molar-refractivity contribution is 5.29. The summed E-state index contributed by atoms with van der Waals surface area (Å²) in [5.41, 5.74) is 1.86. The molecule has 114 valence electrons. The maximum atomic E-state index is 14.0. The van der Waals surface area contributed by atoms with Crippen molar-refractivity contribution in [3.05, 3.63) is 47.5 Å². The largest absolute Gasteiger partial charge is 0.486 e. The van der Waals surface area contributed by atoms with Gasteiger partial charge in [0.1, 0.15) is 6.61 Å². The molecule has 0 spiro atoms. The fourth-order valence-corrected chi connectivity index (χ4v) is 2.00. The molecule has 0 radical (unpaired) electrons. The summed E-state index contributed by atoms with van der Waals surface area (Å²) in [6.07, 6.45) is 4.71. The molecule has 4 nitrogen and oxygen atoms in total.